The number of oxime groups is 1. The predicted octanol–water partition coefficient (Wildman–Crippen LogP) is 1.05. The Hall–Kier alpha value is -0.650. The molecule has 1 fully saturated rings. The molecule has 70 valence electrons. The van der Waals surface area contributed by atoms with Crippen molar-refractivity contribution in [2.45, 2.75) is 32.8 Å². The molecule has 12 heavy (non-hydrogen) atoms. The van der Waals surface area contributed by atoms with E-state index in [2.05, 4.69) is 9.99 Å². The van der Waals surface area contributed by atoms with Crippen LogP contribution in [0.15, 0.2) is 5.16 Å². The van der Waals surface area contributed by atoms with Gasteiger partial charge in [-0.05, 0) is 20.8 Å². The lowest BCUT2D eigenvalue weighted by atomic mass is 10.2. The third-order valence-corrected chi connectivity index (χ3v) is 1.62. The molecular weight excluding hydrogens is 162 g/mol. The third kappa shape index (κ3) is 1.74. The lowest BCUT2D eigenvalue weighted by Crippen LogP contribution is -2.35. The van der Waals surface area contributed by atoms with Crippen LogP contribution in [-0.2, 0) is 19.3 Å². The summed E-state index contributed by atoms with van der Waals surface area (Å²) in [5.41, 5.74) is 0.578. The molecule has 1 heterocycles. The summed E-state index contributed by atoms with van der Waals surface area (Å²) < 4.78 is 5.31. The molecule has 5 heteroatoms. The fourth-order valence-corrected chi connectivity index (χ4v) is 0.881. The van der Waals surface area contributed by atoms with Gasteiger partial charge in [-0.3, -0.25) is 0 Å². The molecule has 0 radical (unpaired) electrons. The third-order valence-electron chi connectivity index (χ3n) is 1.62. The Kier molecular flexibility index (Phi) is 2.66. The van der Waals surface area contributed by atoms with Gasteiger partial charge in [0.1, 0.15) is 12.8 Å². The molecule has 0 aromatic heterocycles. The van der Waals surface area contributed by atoms with Crippen LogP contribution in [0.25, 0.3) is 0 Å². The number of rotatable bonds is 2. The number of nitrogens with zero attached hydrogens (tertiary/aromatic N) is 1. The van der Waals surface area contributed by atoms with Crippen molar-refractivity contribution in [3.05, 3.63) is 0 Å². The standard InChI is InChI=1S/C7H13NO4/c1-5(8-9-4)7(3)10-6(2)11-12-7/h6H,1-4H3/b8-5+. The molecule has 0 aromatic rings. The van der Waals surface area contributed by atoms with Crippen molar-refractivity contribution >= 4 is 5.71 Å². The highest BCUT2D eigenvalue weighted by Gasteiger charge is 2.40. The van der Waals surface area contributed by atoms with Gasteiger partial charge in [0.15, 0.2) is 6.29 Å². The van der Waals surface area contributed by atoms with Crippen molar-refractivity contribution in [2.24, 2.45) is 5.16 Å². The maximum absolute atomic E-state index is 5.31. The van der Waals surface area contributed by atoms with Gasteiger partial charge in [0.2, 0.25) is 5.79 Å². The summed E-state index contributed by atoms with van der Waals surface area (Å²) in [5.74, 6) is -0.921. The molecule has 0 aromatic carbocycles. The second kappa shape index (κ2) is 3.38. The van der Waals surface area contributed by atoms with E-state index in [1.807, 2.05) is 0 Å². The molecule has 0 N–H and O–H groups in total. The van der Waals surface area contributed by atoms with Crippen LogP contribution in [0.4, 0.5) is 0 Å². The Balaban J connectivity index is 2.66. The summed E-state index contributed by atoms with van der Waals surface area (Å²) in [5, 5.41) is 3.70. The molecular formula is C7H13NO4. The average molecular weight is 175 g/mol. The Morgan fingerprint density at radius 2 is 2.25 bits per heavy atom. The first-order valence-corrected chi connectivity index (χ1v) is 3.69. The van der Waals surface area contributed by atoms with E-state index in [0.29, 0.717) is 5.71 Å². The van der Waals surface area contributed by atoms with E-state index in [1.165, 1.54) is 7.11 Å². The van der Waals surface area contributed by atoms with Crippen molar-refractivity contribution in [2.75, 3.05) is 7.11 Å². The smallest absolute Gasteiger partial charge is 0.243 e. The first kappa shape index (κ1) is 9.44. The molecule has 2 atom stereocenters. The van der Waals surface area contributed by atoms with Crippen LogP contribution in [0.1, 0.15) is 20.8 Å². The summed E-state index contributed by atoms with van der Waals surface area (Å²) >= 11 is 0. The normalized spacial score (nSPS) is 37.0. The maximum Gasteiger partial charge on any atom is 0.243 e. The van der Waals surface area contributed by atoms with Crippen LogP contribution in [0.2, 0.25) is 0 Å². The molecule has 0 saturated carbocycles. The average Bonchev–Trinajstić information content (AvgIpc) is 2.33. The molecule has 0 amide bonds. The van der Waals surface area contributed by atoms with E-state index in [4.69, 9.17) is 14.5 Å². The lowest BCUT2D eigenvalue weighted by molar-refractivity contribution is -0.305. The van der Waals surface area contributed by atoms with Gasteiger partial charge in [0.25, 0.3) is 0 Å². The second-order valence-corrected chi connectivity index (χ2v) is 2.67. The fraction of sp³-hybridized carbons (Fsp3) is 0.857. The molecule has 5 nitrogen and oxygen atoms in total. The van der Waals surface area contributed by atoms with Crippen molar-refractivity contribution in [3.8, 4) is 0 Å². The van der Waals surface area contributed by atoms with Crippen molar-refractivity contribution < 1.29 is 19.3 Å². The Morgan fingerprint density at radius 3 is 2.67 bits per heavy atom. The van der Waals surface area contributed by atoms with Crippen LogP contribution in [0, 0.1) is 0 Å². The van der Waals surface area contributed by atoms with Crippen LogP contribution >= 0.6 is 0 Å². The molecule has 0 aliphatic carbocycles. The van der Waals surface area contributed by atoms with Crippen LogP contribution in [-0.4, -0.2) is 24.9 Å². The summed E-state index contributed by atoms with van der Waals surface area (Å²) in [7, 11) is 1.46. The number of hydrogen-bond donors (Lipinski definition) is 0. The first-order chi connectivity index (χ1) is 5.58. The van der Waals surface area contributed by atoms with E-state index < -0.39 is 5.79 Å². The van der Waals surface area contributed by atoms with Crippen molar-refractivity contribution in [3.63, 3.8) is 0 Å². The molecule has 1 rings (SSSR count). The zero-order valence-corrected chi connectivity index (χ0v) is 7.66. The highest BCUT2D eigenvalue weighted by Crippen LogP contribution is 2.25. The van der Waals surface area contributed by atoms with E-state index in [-0.39, 0.29) is 6.29 Å². The van der Waals surface area contributed by atoms with E-state index in [9.17, 15) is 0 Å². The molecule has 1 aliphatic heterocycles. The van der Waals surface area contributed by atoms with Gasteiger partial charge in [-0.25, -0.2) is 4.89 Å². The number of ether oxygens (including phenoxy) is 1. The minimum absolute atomic E-state index is 0.378. The van der Waals surface area contributed by atoms with Crippen molar-refractivity contribution in [1.82, 2.24) is 0 Å². The van der Waals surface area contributed by atoms with Crippen LogP contribution in [0.5, 0.6) is 0 Å². The zero-order chi connectivity index (χ0) is 9.19. The minimum Gasteiger partial charge on any atom is -0.399 e. The zero-order valence-electron chi connectivity index (χ0n) is 7.66. The topological polar surface area (TPSA) is 49.3 Å². The quantitative estimate of drug-likeness (QED) is 0.357. The second-order valence-electron chi connectivity index (χ2n) is 2.67. The SMILES string of the molecule is CO/N=C(\C)C1(C)OOC(C)O1. The van der Waals surface area contributed by atoms with Gasteiger partial charge in [-0.15, -0.1) is 0 Å². The lowest BCUT2D eigenvalue weighted by Gasteiger charge is -2.17. The summed E-state index contributed by atoms with van der Waals surface area (Å²) in [6, 6.07) is 0. The molecule has 0 spiro atoms. The highest BCUT2D eigenvalue weighted by molar-refractivity contribution is 5.88. The van der Waals surface area contributed by atoms with Gasteiger partial charge in [-0.1, -0.05) is 5.16 Å². The summed E-state index contributed by atoms with van der Waals surface area (Å²) in [6.45, 7) is 5.20. The molecule has 0 bridgehead atoms. The predicted molar refractivity (Wildman–Crippen MR) is 41.2 cm³/mol. The van der Waals surface area contributed by atoms with Gasteiger partial charge < -0.3 is 9.57 Å². The molecule has 2 unspecified atom stereocenters. The van der Waals surface area contributed by atoms with Gasteiger partial charge in [-0.2, -0.15) is 4.89 Å². The number of hydrogen-bond acceptors (Lipinski definition) is 5. The summed E-state index contributed by atoms with van der Waals surface area (Å²) in [6.07, 6.45) is -0.378. The Morgan fingerprint density at radius 1 is 1.58 bits per heavy atom. The van der Waals surface area contributed by atoms with Gasteiger partial charge >= 0.3 is 0 Å². The van der Waals surface area contributed by atoms with Crippen LogP contribution in [0.3, 0.4) is 0 Å². The first-order valence-electron chi connectivity index (χ1n) is 3.69. The van der Waals surface area contributed by atoms with E-state index in [1.54, 1.807) is 20.8 Å². The van der Waals surface area contributed by atoms with Gasteiger partial charge in [0.05, 0.1) is 0 Å². The fourth-order valence-electron chi connectivity index (χ4n) is 0.881. The van der Waals surface area contributed by atoms with Crippen molar-refractivity contribution in [1.29, 1.82) is 0 Å². The molecule has 1 saturated heterocycles. The minimum atomic E-state index is -0.921. The maximum atomic E-state index is 5.31. The molecule has 1 aliphatic rings. The van der Waals surface area contributed by atoms with E-state index >= 15 is 0 Å². The van der Waals surface area contributed by atoms with E-state index in [0.717, 1.165) is 0 Å². The Bertz CT molecular complexity index is 194. The largest absolute Gasteiger partial charge is 0.399 e. The highest BCUT2D eigenvalue weighted by atomic mass is 17.3. The monoisotopic (exact) mass is 175 g/mol. The summed E-state index contributed by atoms with van der Waals surface area (Å²) in [4.78, 5) is 14.3. The van der Waals surface area contributed by atoms with Crippen LogP contribution < -0.4 is 0 Å². The Labute approximate surface area is 71.2 Å². The van der Waals surface area contributed by atoms with Gasteiger partial charge in [0, 0.05) is 0 Å².